The van der Waals surface area contributed by atoms with E-state index in [0.29, 0.717) is 22.9 Å². The molecule has 100 valence electrons. The minimum absolute atomic E-state index is 0.0455. The Balaban J connectivity index is 2.26. The molecule has 4 heteroatoms. The third-order valence-electron chi connectivity index (χ3n) is 2.98. The summed E-state index contributed by atoms with van der Waals surface area (Å²) < 4.78 is 14.6. The Kier molecular flexibility index (Phi) is 5.26. The molecule has 2 aromatic carbocycles. The molecule has 0 bridgehead atoms. The molecule has 0 nitrogen and oxygen atoms in total. The van der Waals surface area contributed by atoms with Gasteiger partial charge in [0.05, 0.1) is 0 Å². The van der Waals surface area contributed by atoms with E-state index in [1.807, 2.05) is 24.3 Å². The van der Waals surface area contributed by atoms with Crippen molar-refractivity contribution in [3.05, 3.63) is 68.9 Å². The number of rotatable bonds is 4. The van der Waals surface area contributed by atoms with Crippen LogP contribution in [-0.2, 0) is 6.42 Å². The zero-order chi connectivity index (χ0) is 13.8. The molecule has 0 N–H and O–H groups in total. The number of halogens is 4. The summed E-state index contributed by atoms with van der Waals surface area (Å²) in [6.45, 7) is 0. The second-order valence-corrected chi connectivity index (χ2v) is 6.01. The van der Waals surface area contributed by atoms with Crippen LogP contribution < -0.4 is 0 Å². The Morgan fingerprint density at radius 1 is 1.16 bits per heavy atom. The van der Waals surface area contributed by atoms with Gasteiger partial charge >= 0.3 is 0 Å². The molecule has 0 aliphatic heterocycles. The van der Waals surface area contributed by atoms with E-state index in [9.17, 15) is 4.39 Å². The number of hydrogen-bond donors (Lipinski definition) is 0. The number of hydrogen-bond acceptors (Lipinski definition) is 0. The highest BCUT2D eigenvalue weighted by molar-refractivity contribution is 9.10. The van der Waals surface area contributed by atoms with Crippen LogP contribution in [0.15, 0.2) is 46.9 Å². The van der Waals surface area contributed by atoms with Crippen molar-refractivity contribution in [2.75, 3.05) is 5.88 Å². The lowest BCUT2D eigenvalue weighted by atomic mass is 9.93. The Bertz CT molecular complexity index is 572. The monoisotopic (exact) mass is 360 g/mol. The van der Waals surface area contributed by atoms with E-state index in [2.05, 4.69) is 15.9 Å². The van der Waals surface area contributed by atoms with E-state index >= 15 is 0 Å². The number of benzene rings is 2. The molecule has 2 aromatic rings. The largest absolute Gasteiger partial charge is 0.207 e. The van der Waals surface area contributed by atoms with Gasteiger partial charge in [-0.3, -0.25) is 0 Å². The first kappa shape index (κ1) is 14.8. The first-order chi connectivity index (χ1) is 9.10. The fourth-order valence-electron chi connectivity index (χ4n) is 1.99. The average Bonchev–Trinajstić information content (AvgIpc) is 2.39. The van der Waals surface area contributed by atoms with Crippen molar-refractivity contribution in [1.29, 1.82) is 0 Å². The van der Waals surface area contributed by atoms with Gasteiger partial charge in [0.25, 0.3) is 0 Å². The van der Waals surface area contributed by atoms with Gasteiger partial charge in [0.2, 0.25) is 0 Å². The maximum absolute atomic E-state index is 13.8. The maximum atomic E-state index is 13.8. The van der Waals surface area contributed by atoms with Crippen molar-refractivity contribution in [1.82, 2.24) is 0 Å². The lowest BCUT2D eigenvalue weighted by Gasteiger charge is -2.15. The normalized spacial score (nSPS) is 12.4. The Morgan fingerprint density at radius 2 is 1.95 bits per heavy atom. The Labute approximate surface area is 130 Å². The van der Waals surface area contributed by atoms with Crippen molar-refractivity contribution < 1.29 is 4.39 Å². The van der Waals surface area contributed by atoms with Crippen molar-refractivity contribution in [3.63, 3.8) is 0 Å². The van der Waals surface area contributed by atoms with Crippen molar-refractivity contribution >= 4 is 39.1 Å². The second-order valence-electron chi connectivity index (χ2n) is 4.35. The van der Waals surface area contributed by atoms with Crippen LogP contribution >= 0.6 is 39.1 Å². The van der Waals surface area contributed by atoms with Gasteiger partial charge in [-0.05, 0) is 47.9 Å². The third kappa shape index (κ3) is 3.95. The lowest BCUT2D eigenvalue weighted by molar-refractivity contribution is 0.598. The van der Waals surface area contributed by atoms with Crippen molar-refractivity contribution in [2.45, 2.75) is 12.3 Å². The van der Waals surface area contributed by atoms with Gasteiger partial charge in [0.1, 0.15) is 5.82 Å². The van der Waals surface area contributed by atoms with Crippen LogP contribution in [0.3, 0.4) is 0 Å². The minimum Gasteiger partial charge on any atom is -0.207 e. The van der Waals surface area contributed by atoms with Crippen molar-refractivity contribution in [3.8, 4) is 0 Å². The van der Waals surface area contributed by atoms with E-state index in [-0.39, 0.29) is 11.7 Å². The van der Waals surface area contributed by atoms with Crippen LogP contribution in [-0.4, -0.2) is 5.88 Å². The minimum atomic E-state index is -0.208. The Morgan fingerprint density at radius 3 is 2.63 bits per heavy atom. The molecule has 0 saturated carbocycles. The number of alkyl halides is 1. The molecule has 0 fully saturated rings. The van der Waals surface area contributed by atoms with Crippen LogP contribution in [0.25, 0.3) is 0 Å². The van der Waals surface area contributed by atoms with Crippen LogP contribution in [0.2, 0.25) is 5.02 Å². The SMILES string of the molecule is Fc1ccc(Br)cc1CC(CCl)c1cccc(Cl)c1. The summed E-state index contributed by atoms with van der Waals surface area (Å²) >= 11 is 15.4. The zero-order valence-electron chi connectivity index (χ0n) is 10.0. The molecule has 0 aliphatic carbocycles. The lowest BCUT2D eigenvalue weighted by Crippen LogP contribution is -2.06. The summed E-state index contributed by atoms with van der Waals surface area (Å²) in [6.07, 6.45) is 0.551. The molecule has 0 aliphatic rings. The molecule has 0 spiro atoms. The summed E-state index contributed by atoms with van der Waals surface area (Å²) in [6, 6.07) is 12.5. The molecule has 2 rings (SSSR count). The second kappa shape index (κ2) is 6.74. The highest BCUT2D eigenvalue weighted by Crippen LogP contribution is 2.27. The molecule has 19 heavy (non-hydrogen) atoms. The predicted octanol–water partition coefficient (Wildman–Crippen LogP) is 5.81. The summed E-state index contributed by atoms with van der Waals surface area (Å²) in [5, 5.41) is 0.669. The van der Waals surface area contributed by atoms with Gasteiger partial charge in [-0.25, -0.2) is 4.39 Å². The summed E-state index contributed by atoms with van der Waals surface area (Å²) in [4.78, 5) is 0. The van der Waals surface area contributed by atoms with Crippen LogP contribution in [0.4, 0.5) is 4.39 Å². The third-order valence-corrected chi connectivity index (χ3v) is 4.08. The predicted molar refractivity (Wildman–Crippen MR) is 82.7 cm³/mol. The van der Waals surface area contributed by atoms with Crippen LogP contribution in [0, 0.1) is 5.82 Å². The van der Waals surface area contributed by atoms with Crippen molar-refractivity contribution in [2.24, 2.45) is 0 Å². The molecule has 0 heterocycles. The Hall–Kier alpha value is -0.570. The van der Waals surface area contributed by atoms with Crippen LogP contribution in [0.5, 0.6) is 0 Å². The summed E-state index contributed by atoms with van der Waals surface area (Å²) in [5.41, 5.74) is 1.68. The molecule has 0 aromatic heterocycles. The van der Waals surface area contributed by atoms with Gasteiger partial charge in [-0.15, -0.1) is 11.6 Å². The fraction of sp³-hybridized carbons (Fsp3) is 0.200. The molecule has 0 amide bonds. The van der Waals surface area contributed by atoms with Gasteiger partial charge in [0.15, 0.2) is 0 Å². The van der Waals surface area contributed by atoms with Gasteiger partial charge in [0, 0.05) is 21.3 Å². The van der Waals surface area contributed by atoms with E-state index in [1.165, 1.54) is 6.07 Å². The molecule has 0 radical (unpaired) electrons. The summed E-state index contributed by atoms with van der Waals surface area (Å²) in [7, 11) is 0. The van der Waals surface area contributed by atoms with E-state index in [0.717, 1.165) is 10.0 Å². The molecular weight excluding hydrogens is 350 g/mol. The smallest absolute Gasteiger partial charge is 0.126 e. The van der Waals surface area contributed by atoms with E-state index in [4.69, 9.17) is 23.2 Å². The maximum Gasteiger partial charge on any atom is 0.126 e. The highest BCUT2D eigenvalue weighted by atomic mass is 79.9. The first-order valence-electron chi connectivity index (χ1n) is 5.85. The van der Waals surface area contributed by atoms with Gasteiger partial charge in [-0.2, -0.15) is 0 Å². The summed E-state index contributed by atoms with van der Waals surface area (Å²) in [5.74, 6) is 0.260. The standard InChI is InChI=1S/C15H12BrCl2F/c16-13-4-5-15(19)11(7-13)6-12(9-17)10-2-1-3-14(18)8-10/h1-5,7-8,12H,6,9H2. The molecule has 1 unspecified atom stereocenters. The van der Waals surface area contributed by atoms with Gasteiger partial charge < -0.3 is 0 Å². The van der Waals surface area contributed by atoms with E-state index in [1.54, 1.807) is 12.1 Å². The van der Waals surface area contributed by atoms with Crippen LogP contribution in [0.1, 0.15) is 17.0 Å². The fourth-order valence-corrected chi connectivity index (χ4v) is 2.88. The topological polar surface area (TPSA) is 0 Å². The zero-order valence-corrected chi connectivity index (χ0v) is 13.1. The molecule has 1 atom stereocenters. The average molecular weight is 362 g/mol. The molecular formula is C15H12BrCl2F. The highest BCUT2D eigenvalue weighted by Gasteiger charge is 2.14. The quantitative estimate of drug-likeness (QED) is 0.603. The molecule has 0 saturated heterocycles. The first-order valence-corrected chi connectivity index (χ1v) is 7.56. The van der Waals surface area contributed by atoms with E-state index < -0.39 is 0 Å². The van der Waals surface area contributed by atoms with Gasteiger partial charge in [-0.1, -0.05) is 39.7 Å².